The number of halogens is 2. The lowest BCUT2D eigenvalue weighted by molar-refractivity contribution is 0.773. The second-order valence-corrected chi connectivity index (χ2v) is 2.02. The Balaban J connectivity index is 2.95. The Hall–Kier alpha value is -1.80. The molecule has 0 nitrogen and oxygen atoms in total. The smallest absolute Gasteiger partial charge is 0.111 e. The Morgan fingerprint density at radius 3 is 1.33 bits per heavy atom. The van der Waals surface area contributed by atoms with Gasteiger partial charge in [0.15, 0.2) is 0 Å². The van der Waals surface area contributed by atoms with Crippen molar-refractivity contribution in [2.75, 3.05) is 0 Å². The van der Waals surface area contributed by atoms with Crippen LogP contribution in [0.2, 0.25) is 0 Å². The summed E-state index contributed by atoms with van der Waals surface area (Å²) < 4.78 is 23.0. The van der Waals surface area contributed by atoms with Crippen LogP contribution in [0.5, 0.6) is 0 Å². The van der Waals surface area contributed by atoms with Crippen LogP contribution < -0.4 is 0 Å². The van der Waals surface area contributed by atoms with Crippen molar-refractivity contribution < 1.29 is 8.78 Å². The first kappa shape index (κ1) is 8.30. The van der Waals surface area contributed by atoms with Gasteiger partial charge in [-0.05, 0) is 36.1 Å². The highest BCUT2D eigenvalue weighted by Gasteiger charge is 1.87. The summed E-state index contributed by atoms with van der Waals surface area (Å²) >= 11 is 0. The number of rotatable bonds is 0. The Morgan fingerprint density at radius 1 is 0.750 bits per heavy atom. The molecule has 0 atom stereocenters. The van der Waals surface area contributed by atoms with Crippen LogP contribution in [-0.4, -0.2) is 0 Å². The Labute approximate surface area is 69.2 Å². The Kier molecular flexibility index (Phi) is 2.87. The Bertz CT molecular complexity index is 329. The summed E-state index contributed by atoms with van der Waals surface area (Å²) in [6, 6.07) is 6.30. The average molecular weight is 162 g/mol. The molecule has 0 aliphatic heterocycles. The maximum absolute atomic E-state index is 11.5. The van der Waals surface area contributed by atoms with Gasteiger partial charge in [-0.25, -0.2) is 0 Å². The van der Waals surface area contributed by atoms with E-state index >= 15 is 0 Å². The van der Waals surface area contributed by atoms with Crippen LogP contribution in [0, 0.1) is 24.2 Å². The number of benzene rings is 1. The van der Waals surface area contributed by atoms with Crippen molar-refractivity contribution in [3.63, 3.8) is 0 Å². The minimum Gasteiger partial charge on any atom is -0.144 e. The highest BCUT2D eigenvalue weighted by atomic mass is 19.1. The first-order chi connectivity index (χ1) is 5.86. The van der Waals surface area contributed by atoms with E-state index in [-0.39, 0.29) is 0 Å². The zero-order valence-corrected chi connectivity index (χ0v) is 6.07. The molecule has 12 heavy (non-hydrogen) atoms. The molecule has 1 aromatic rings. The summed E-state index contributed by atoms with van der Waals surface area (Å²) in [6.07, 6.45) is 2.55. The lowest BCUT2D eigenvalue weighted by atomic mass is 10.1. The van der Waals surface area contributed by atoms with Gasteiger partial charge in [0.25, 0.3) is 0 Å². The normalized spacial score (nSPS) is 7.50. The molecule has 0 radical (unpaired) electrons. The van der Waals surface area contributed by atoms with Crippen LogP contribution >= 0.6 is 0 Å². The van der Waals surface area contributed by atoms with Gasteiger partial charge in [0.05, 0.1) is 0 Å². The molecular formula is C10H4F2. The number of hydrogen-bond acceptors (Lipinski definition) is 0. The molecule has 0 bridgehead atoms. The molecule has 0 N–H and O–H groups in total. The SMILES string of the molecule is FC#Cc1ccc(C#CF)cc1. The summed E-state index contributed by atoms with van der Waals surface area (Å²) in [6.45, 7) is 0. The fourth-order valence-electron chi connectivity index (χ4n) is 0.746. The van der Waals surface area contributed by atoms with Gasteiger partial charge in [0, 0.05) is 11.1 Å². The summed E-state index contributed by atoms with van der Waals surface area (Å²) in [5, 5.41) is 0. The molecule has 0 spiro atoms. The third-order valence-electron chi connectivity index (χ3n) is 1.27. The van der Waals surface area contributed by atoms with Crippen LogP contribution in [0.1, 0.15) is 11.1 Å². The zero-order valence-electron chi connectivity index (χ0n) is 6.07. The van der Waals surface area contributed by atoms with E-state index in [4.69, 9.17) is 0 Å². The van der Waals surface area contributed by atoms with Crippen LogP contribution in [-0.2, 0) is 0 Å². The standard InChI is InChI=1S/C10H4F2/c11-7-5-9-1-2-10(4-3-9)6-8-12/h1-4H. The van der Waals surface area contributed by atoms with E-state index in [1.165, 1.54) is 12.3 Å². The van der Waals surface area contributed by atoms with E-state index in [9.17, 15) is 8.78 Å². The van der Waals surface area contributed by atoms with Crippen molar-refractivity contribution in [1.29, 1.82) is 0 Å². The fraction of sp³-hybridized carbons (Fsp3) is 0. The molecule has 2 heteroatoms. The van der Waals surface area contributed by atoms with Gasteiger partial charge in [-0.3, -0.25) is 0 Å². The molecule has 0 heterocycles. The van der Waals surface area contributed by atoms with E-state index < -0.39 is 0 Å². The summed E-state index contributed by atoms with van der Waals surface area (Å²) in [5.41, 5.74) is 1.09. The maximum atomic E-state index is 11.5. The largest absolute Gasteiger partial charge is 0.144 e. The van der Waals surface area contributed by atoms with Gasteiger partial charge in [-0.15, -0.1) is 8.78 Å². The molecule has 0 saturated carbocycles. The lowest BCUT2D eigenvalue weighted by Gasteiger charge is -1.89. The van der Waals surface area contributed by atoms with Gasteiger partial charge in [0.1, 0.15) is 12.3 Å². The molecule has 1 rings (SSSR count). The zero-order chi connectivity index (χ0) is 8.81. The summed E-state index contributed by atoms with van der Waals surface area (Å²) in [4.78, 5) is 0. The average Bonchev–Trinajstić information content (AvgIpc) is 2.09. The van der Waals surface area contributed by atoms with Gasteiger partial charge in [-0.1, -0.05) is 0 Å². The van der Waals surface area contributed by atoms with Crippen molar-refractivity contribution >= 4 is 0 Å². The highest BCUT2D eigenvalue weighted by Crippen LogP contribution is 2.01. The molecule has 0 aliphatic rings. The van der Waals surface area contributed by atoms with E-state index in [0.29, 0.717) is 11.1 Å². The third kappa shape index (κ3) is 2.11. The molecule has 0 saturated heterocycles. The topological polar surface area (TPSA) is 0 Å². The van der Waals surface area contributed by atoms with Crippen LogP contribution in [0.15, 0.2) is 24.3 Å². The molecule has 0 fully saturated rings. The fourth-order valence-corrected chi connectivity index (χ4v) is 0.746. The summed E-state index contributed by atoms with van der Waals surface area (Å²) in [7, 11) is 0. The van der Waals surface area contributed by atoms with Crippen LogP contribution in [0.25, 0.3) is 0 Å². The van der Waals surface area contributed by atoms with Crippen molar-refractivity contribution in [2.24, 2.45) is 0 Å². The van der Waals surface area contributed by atoms with E-state index in [1.54, 1.807) is 24.3 Å². The van der Waals surface area contributed by atoms with Crippen LogP contribution in [0.4, 0.5) is 8.78 Å². The van der Waals surface area contributed by atoms with E-state index in [0.717, 1.165) is 0 Å². The van der Waals surface area contributed by atoms with Crippen molar-refractivity contribution in [3.05, 3.63) is 35.4 Å². The second kappa shape index (κ2) is 4.16. The van der Waals surface area contributed by atoms with Gasteiger partial charge >= 0.3 is 0 Å². The van der Waals surface area contributed by atoms with Crippen molar-refractivity contribution in [2.45, 2.75) is 0 Å². The van der Waals surface area contributed by atoms with Crippen molar-refractivity contribution in [1.82, 2.24) is 0 Å². The lowest BCUT2D eigenvalue weighted by Crippen LogP contribution is -1.75. The predicted octanol–water partition coefficient (Wildman–Crippen LogP) is 2.24. The molecule has 0 unspecified atom stereocenters. The predicted molar refractivity (Wildman–Crippen MR) is 42.4 cm³/mol. The van der Waals surface area contributed by atoms with Gasteiger partial charge in [0.2, 0.25) is 0 Å². The minimum atomic E-state index is 0.543. The molecule has 0 aliphatic carbocycles. The third-order valence-corrected chi connectivity index (χ3v) is 1.27. The van der Waals surface area contributed by atoms with E-state index in [1.807, 2.05) is 0 Å². The molecular weight excluding hydrogens is 158 g/mol. The highest BCUT2D eigenvalue weighted by molar-refractivity contribution is 5.40. The molecule has 0 amide bonds. The molecule has 0 aromatic heterocycles. The minimum absolute atomic E-state index is 0.543. The quantitative estimate of drug-likeness (QED) is 0.513. The van der Waals surface area contributed by atoms with Gasteiger partial charge < -0.3 is 0 Å². The first-order valence-corrected chi connectivity index (χ1v) is 3.20. The van der Waals surface area contributed by atoms with E-state index in [2.05, 4.69) is 11.8 Å². The Morgan fingerprint density at radius 2 is 1.08 bits per heavy atom. The monoisotopic (exact) mass is 162 g/mol. The first-order valence-electron chi connectivity index (χ1n) is 3.20. The van der Waals surface area contributed by atoms with Gasteiger partial charge in [-0.2, -0.15) is 0 Å². The number of hydrogen-bond donors (Lipinski definition) is 0. The van der Waals surface area contributed by atoms with Crippen LogP contribution in [0.3, 0.4) is 0 Å². The molecule has 58 valence electrons. The second-order valence-electron chi connectivity index (χ2n) is 2.02. The summed E-state index contributed by atoms with van der Waals surface area (Å²) in [5.74, 6) is 4.44. The van der Waals surface area contributed by atoms with Crippen molar-refractivity contribution in [3.8, 4) is 24.2 Å². The molecule has 1 aromatic carbocycles. The maximum Gasteiger partial charge on any atom is 0.111 e.